The van der Waals surface area contributed by atoms with Crippen LogP contribution in [0, 0.1) is 0 Å². The van der Waals surface area contributed by atoms with Crippen LogP contribution in [0.1, 0.15) is 10.4 Å². The SMILES string of the molecule is CNc1ccc(C=O)cn1.CO. The highest BCUT2D eigenvalue weighted by molar-refractivity contribution is 5.74. The summed E-state index contributed by atoms with van der Waals surface area (Å²) in [5, 5.41) is 9.85. The predicted octanol–water partition coefficient (Wildman–Crippen LogP) is 0.544. The molecule has 0 spiro atoms. The second-order valence-corrected chi connectivity index (χ2v) is 1.84. The third-order valence-electron chi connectivity index (χ3n) is 1.18. The Bertz CT molecular complexity index is 221. The van der Waals surface area contributed by atoms with E-state index in [-0.39, 0.29) is 0 Å². The lowest BCUT2D eigenvalue weighted by Crippen LogP contribution is -1.91. The monoisotopic (exact) mass is 168 g/mol. The summed E-state index contributed by atoms with van der Waals surface area (Å²) in [6.45, 7) is 0. The Morgan fingerprint density at radius 2 is 2.17 bits per heavy atom. The van der Waals surface area contributed by atoms with Gasteiger partial charge < -0.3 is 10.4 Å². The van der Waals surface area contributed by atoms with Crippen LogP contribution in [-0.2, 0) is 0 Å². The lowest BCUT2D eigenvalue weighted by Gasteiger charge is -1.95. The van der Waals surface area contributed by atoms with E-state index >= 15 is 0 Å². The molecule has 1 aromatic heterocycles. The van der Waals surface area contributed by atoms with Gasteiger partial charge >= 0.3 is 0 Å². The number of rotatable bonds is 2. The number of hydrogen-bond donors (Lipinski definition) is 2. The molecular weight excluding hydrogens is 156 g/mol. The van der Waals surface area contributed by atoms with E-state index in [0.29, 0.717) is 5.56 Å². The summed E-state index contributed by atoms with van der Waals surface area (Å²) in [6.07, 6.45) is 2.30. The minimum atomic E-state index is 0.596. The summed E-state index contributed by atoms with van der Waals surface area (Å²) < 4.78 is 0. The van der Waals surface area contributed by atoms with Crippen molar-refractivity contribution in [3.8, 4) is 0 Å². The third kappa shape index (κ3) is 3.12. The maximum atomic E-state index is 10.1. The van der Waals surface area contributed by atoms with Crippen molar-refractivity contribution in [2.75, 3.05) is 19.5 Å². The molecule has 2 N–H and O–H groups in total. The first-order valence-electron chi connectivity index (χ1n) is 3.40. The van der Waals surface area contributed by atoms with Crippen LogP contribution in [0.2, 0.25) is 0 Å². The Kier molecular flexibility index (Phi) is 5.55. The highest BCUT2D eigenvalue weighted by Crippen LogP contribution is 2.00. The average Bonchev–Trinajstić information content (AvgIpc) is 2.21. The van der Waals surface area contributed by atoms with Gasteiger partial charge in [-0.15, -0.1) is 0 Å². The molecule has 0 aliphatic heterocycles. The topological polar surface area (TPSA) is 62.2 Å². The molecule has 0 fully saturated rings. The number of anilines is 1. The molecule has 66 valence electrons. The van der Waals surface area contributed by atoms with E-state index < -0.39 is 0 Å². The first kappa shape index (κ1) is 10.6. The maximum Gasteiger partial charge on any atom is 0.151 e. The summed E-state index contributed by atoms with van der Waals surface area (Å²) in [6, 6.07) is 3.47. The van der Waals surface area contributed by atoms with Crippen LogP contribution >= 0.6 is 0 Å². The number of nitrogens with one attached hydrogen (secondary N) is 1. The molecular formula is C8H12N2O2. The van der Waals surface area contributed by atoms with Crippen LogP contribution in [-0.4, -0.2) is 30.5 Å². The molecule has 0 saturated heterocycles. The van der Waals surface area contributed by atoms with E-state index in [9.17, 15) is 4.79 Å². The first-order valence-corrected chi connectivity index (χ1v) is 3.40. The lowest BCUT2D eigenvalue weighted by atomic mass is 10.3. The predicted molar refractivity (Wildman–Crippen MR) is 47.3 cm³/mol. The summed E-state index contributed by atoms with van der Waals surface area (Å²) in [5.41, 5.74) is 0.596. The molecule has 0 aliphatic carbocycles. The van der Waals surface area contributed by atoms with Gasteiger partial charge in [0.15, 0.2) is 6.29 Å². The van der Waals surface area contributed by atoms with E-state index in [1.165, 1.54) is 6.20 Å². The fourth-order valence-corrected chi connectivity index (χ4v) is 0.623. The second kappa shape index (κ2) is 6.30. The van der Waals surface area contributed by atoms with E-state index in [2.05, 4.69) is 10.3 Å². The molecule has 0 amide bonds. The Morgan fingerprint density at radius 3 is 2.50 bits per heavy atom. The van der Waals surface area contributed by atoms with Gasteiger partial charge in [0.1, 0.15) is 5.82 Å². The number of nitrogens with zero attached hydrogens (tertiary/aromatic N) is 1. The number of aliphatic hydroxyl groups excluding tert-OH is 1. The molecule has 0 saturated carbocycles. The standard InChI is InChI=1S/C7H8N2O.CH4O/c1-8-7-3-2-6(5-10)4-9-7;1-2/h2-5H,1H3,(H,8,9);2H,1H3. The molecule has 1 heterocycles. The number of aromatic nitrogens is 1. The van der Waals surface area contributed by atoms with Crippen molar-refractivity contribution < 1.29 is 9.90 Å². The molecule has 1 aromatic rings. The summed E-state index contributed by atoms with van der Waals surface area (Å²) >= 11 is 0. The molecule has 0 aromatic carbocycles. The molecule has 0 aliphatic rings. The van der Waals surface area contributed by atoms with Crippen LogP contribution in [0.3, 0.4) is 0 Å². The van der Waals surface area contributed by atoms with Crippen molar-refractivity contribution >= 4 is 12.1 Å². The van der Waals surface area contributed by atoms with Crippen molar-refractivity contribution in [1.29, 1.82) is 0 Å². The quantitative estimate of drug-likeness (QED) is 0.633. The molecule has 4 nitrogen and oxygen atoms in total. The van der Waals surface area contributed by atoms with Gasteiger partial charge in [-0.25, -0.2) is 4.98 Å². The van der Waals surface area contributed by atoms with Crippen LogP contribution in [0.25, 0.3) is 0 Å². The maximum absolute atomic E-state index is 10.1. The van der Waals surface area contributed by atoms with E-state index in [4.69, 9.17) is 5.11 Å². The van der Waals surface area contributed by atoms with Crippen molar-refractivity contribution in [3.05, 3.63) is 23.9 Å². The second-order valence-electron chi connectivity index (χ2n) is 1.84. The molecule has 0 atom stereocenters. The van der Waals surface area contributed by atoms with Crippen molar-refractivity contribution in [3.63, 3.8) is 0 Å². The van der Waals surface area contributed by atoms with Crippen molar-refractivity contribution in [1.82, 2.24) is 4.98 Å². The van der Waals surface area contributed by atoms with Gasteiger partial charge in [0, 0.05) is 25.9 Å². The number of aliphatic hydroxyl groups is 1. The molecule has 0 radical (unpaired) electrons. The number of hydrogen-bond acceptors (Lipinski definition) is 4. The molecule has 12 heavy (non-hydrogen) atoms. The normalized spacial score (nSPS) is 7.92. The summed E-state index contributed by atoms with van der Waals surface area (Å²) in [7, 11) is 2.78. The number of aldehydes is 1. The zero-order valence-corrected chi connectivity index (χ0v) is 7.11. The van der Waals surface area contributed by atoms with Gasteiger partial charge in [-0.3, -0.25) is 4.79 Å². The fourth-order valence-electron chi connectivity index (χ4n) is 0.623. The van der Waals surface area contributed by atoms with Gasteiger partial charge in [0.2, 0.25) is 0 Å². The Morgan fingerprint density at radius 1 is 1.50 bits per heavy atom. The van der Waals surface area contributed by atoms with Crippen LogP contribution in [0.15, 0.2) is 18.3 Å². The van der Waals surface area contributed by atoms with Gasteiger partial charge in [-0.2, -0.15) is 0 Å². The highest BCUT2D eigenvalue weighted by Gasteiger charge is 1.89. The van der Waals surface area contributed by atoms with Crippen molar-refractivity contribution in [2.45, 2.75) is 0 Å². The smallest absolute Gasteiger partial charge is 0.151 e. The lowest BCUT2D eigenvalue weighted by molar-refractivity contribution is 0.112. The third-order valence-corrected chi connectivity index (χ3v) is 1.18. The Labute approximate surface area is 71.3 Å². The van der Waals surface area contributed by atoms with E-state index in [0.717, 1.165) is 19.2 Å². The summed E-state index contributed by atoms with van der Waals surface area (Å²) in [5.74, 6) is 0.769. The first-order chi connectivity index (χ1) is 5.86. The van der Waals surface area contributed by atoms with Crippen molar-refractivity contribution in [2.24, 2.45) is 0 Å². The molecule has 0 unspecified atom stereocenters. The van der Waals surface area contributed by atoms with Gasteiger partial charge in [0.25, 0.3) is 0 Å². The Hall–Kier alpha value is -1.42. The highest BCUT2D eigenvalue weighted by atomic mass is 16.2. The van der Waals surface area contributed by atoms with E-state index in [1.807, 2.05) is 0 Å². The molecule has 0 bridgehead atoms. The number of carbonyl (C=O) groups excluding carboxylic acids is 1. The van der Waals surface area contributed by atoms with Gasteiger partial charge in [-0.1, -0.05) is 0 Å². The van der Waals surface area contributed by atoms with E-state index in [1.54, 1.807) is 19.2 Å². The number of pyridine rings is 1. The minimum Gasteiger partial charge on any atom is -0.400 e. The van der Waals surface area contributed by atoms with Crippen LogP contribution in [0.4, 0.5) is 5.82 Å². The van der Waals surface area contributed by atoms with Crippen LogP contribution < -0.4 is 5.32 Å². The van der Waals surface area contributed by atoms with Crippen LogP contribution in [0.5, 0.6) is 0 Å². The van der Waals surface area contributed by atoms with Gasteiger partial charge in [-0.05, 0) is 12.1 Å². The molecule has 4 heteroatoms. The number of carbonyl (C=O) groups is 1. The Balaban J connectivity index is 0.000000561. The zero-order valence-electron chi connectivity index (χ0n) is 7.11. The summed E-state index contributed by atoms with van der Waals surface area (Å²) in [4.78, 5) is 14.1. The average molecular weight is 168 g/mol. The minimum absolute atomic E-state index is 0.596. The largest absolute Gasteiger partial charge is 0.400 e. The van der Waals surface area contributed by atoms with Gasteiger partial charge in [0.05, 0.1) is 0 Å². The zero-order chi connectivity index (χ0) is 9.40. The molecule has 1 rings (SSSR count). The fraction of sp³-hybridized carbons (Fsp3) is 0.250.